The van der Waals surface area contributed by atoms with Crippen LogP contribution >= 0.6 is 11.6 Å². The number of nitro benzene ring substituents is 3. The van der Waals surface area contributed by atoms with Gasteiger partial charge in [0.2, 0.25) is 11.3 Å². The average molecular weight is 1060 g/mol. The first kappa shape index (κ1) is 59.2. The number of nitrogens with two attached hydrogens (primary N) is 2. The van der Waals surface area contributed by atoms with Crippen LogP contribution in [0.5, 0.6) is 11.5 Å². The average Bonchev–Trinajstić information content (AvgIpc) is 3.80. The number of phenolic OH excluding ortho intramolecular Hbond substituents is 1. The normalized spacial score (nSPS) is 11.9. The minimum atomic E-state index is -0.978. The first-order valence-electron chi connectivity index (χ1n) is 20.3. The predicted molar refractivity (Wildman–Crippen MR) is 259 cm³/mol. The number of non-ortho nitro benzene ring substituents is 2. The quantitative estimate of drug-likeness (QED) is 0.0160. The number of hydrogen-bond acceptors (Lipinski definition) is 15. The van der Waals surface area contributed by atoms with Crippen molar-refractivity contribution in [2.45, 2.75) is 104 Å². The van der Waals surface area contributed by atoms with Gasteiger partial charge in [-0.3, -0.25) is 40.3 Å². The predicted octanol–water partition coefficient (Wildman–Crippen LogP) is 11.4. The third kappa shape index (κ3) is 17.4. The van der Waals surface area contributed by atoms with Gasteiger partial charge in [0.15, 0.2) is 5.58 Å². The number of rotatable bonds is 4. The number of carbonyl (C=O) groups is 1. The van der Waals surface area contributed by atoms with E-state index in [0.717, 1.165) is 16.7 Å². The summed E-state index contributed by atoms with van der Waals surface area (Å²) in [6, 6.07) is 14.8. The van der Waals surface area contributed by atoms with E-state index in [0.29, 0.717) is 22.3 Å². The van der Waals surface area contributed by atoms with Gasteiger partial charge in [-0.25, -0.2) is 14.4 Å². The summed E-state index contributed by atoms with van der Waals surface area (Å²) in [6.07, 6.45) is 10.0. The van der Waals surface area contributed by atoms with Crippen LogP contribution in [-0.4, -0.2) is 35.3 Å². The van der Waals surface area contributed by atoms with Gasteiger partial charge in [-0.15, -0.1) is 0 Å². The zero-order valence-corrected chi connectivity index (χ0v) is 41.6. The molecule has 4 aromatic carbocycles. The Morgan fingerprint density at radius 1 is 0.662 bits per heavy atom. The Labute approximate surface area is 410 Å². The maximum Gasteiger partial charge on any atom is 0.417 e. The van der Waals surface area contributed by atoms with E-state index in [2.05, 4.69) is 47.6 Å². The van der Waals surface area contributed by atoms with Crippen molar-refractivity contribution >= 4 is 67.7 Å². The maximum atomic E-state index is 11.1. The van der Waals surface area contributed by atoms with Gasteiger partial charge in [-0.1, -0.05) is 74.5 Å². The number of H-pyrrole nitrogens is 2. The molecule has 372 valence electrons. The standard InChI is InChI=1S/C11H12N2O4.C11H14N2O2.C10H14N2O3.C7H4ClNO4.C6H10.CH3.Pd/c1-11(2,3)6-4-7-9(17-10(14)12-7)8(5-6)13(15)16;1-11(2,3)6-4-7(12)9-8(5-6)13-10(14)15-9;1-10(2,3)6-4-7(11)9(13)8(5-6)12(14)15;8-7(10)13-6-3-1-5(2-4-6)9(11)12;1-2-4-6-5-3-1;;/h4-5H,1-3H3,(H,12,14);4-5H,12H2,1-3H3,(H,13,14);4-5,13H,11H2,1-3H3;1-4H;1-2H,3-6H2;1H3;/q;;;;;-1;. The molecule has 0 saturated carbocycles. The molecule has 2 heterocycles. The molecule has 0 amide bonds. The fraction of sp³-hybridized carbons (Fsp3) is 0.348. The van der Waals surface area contributed by atoms with E-state index in [9.17, 15) is 49.8 Å². The maximum absolute atomic E-state index is 11.1. The third-order valence-electron chi connectivity index (χ3n) is 9.56. The van der Waals surface area contributed by atoms with Gasteiger partial charge in [-0.2, -0.15) is 0 Å². The fourth-order valence-corrected chi connectivity index (χ4v) is 5.92. The molecule has 22 heteroatoms. The summed E-state index contributed by atoms with van der Waals surface area (Å²) in [7, 11) is 0. The Kier molecular flexibility index (Phi) is 21.6. The number of aromatic hydroxyl groups is 1. The third-order valence-corrected chi connectivity index (χ3v) is 9.64. The molecule has 68 heavy (non-hydrogen) atoms. The number of nitro groups is 3. The van der Waals surface area contributed by atoms with E-state index in [-0.39, 0.29) is 78.2 Å². The van der Waals surface area contributed by atoms with Crippen molar-refractivity contribution in [3.05, 3.63) is 148 Å². The molecule has 0 aliphatic heterocycles. The number of nitrogens with one attached hydrogen (secondary N) is 2. The zero-order chi connectivity index (χ0) is 49.9. The first-order chi connectivity index (χ1) is 30.5. The van der Waals surface area contributed by atoms with Crippen LogP contribution in [0, 0.1) is 37.8 Å². The van der Waals surface area contributed by atoms with Gasteiger partial charge < -0.3 is 37.6 Å². The summed E-state index contributed by atoms with van der Waals surface area (Å²) >= 11 is 4.92. The van der Waals surface area contributed by atoms with E-state index in [1.54, 1.807) is 12.1 Å². The van der Waals surface area contributed by atoms with E-state index in [4.69, 9.17) is 31.9 Å². The second-order valence-corrected chi connectivity index (χ2v) is 18.2. The second kappa shape index (κ2) is 24.8. The number of phenols is 1. The molecule has 1 aliphatic rings. The van der Waals surface area contributed by atoms with Gasteiger partial charge in [0.05, 0.1) is 37.2 Å². The number of anilines is 2. The number of ether oxygens (including phenoxy) is 1. The van der Waals surface area contributed by atoms with Gasteiger partial charge in [0, 0.05) is 56.3 Å². The van der Waals surface area contributed by atoms with Crippen LogP contribution in [0.25, 0.3) is 22.2 Å². The van der Waals surface area contributed by atoms with Crippen LogP contribution in [0.4, 0.5) is 33.2 Å². The largest absolute Gasteiger partial charge is 0.501 e. The van der Waals surface area contributed by atoms with Crippen molar-refractivity contribution < 1.29 is 58.7 Å². The van der Waals surface area contributed by atoms with E-state index in [1.807, 2.05) is 53.7 Å². The SMILES string of the molecule is C1=CCCCC1.CC(C)(C)c1cc(N)c(O)c([N+](=O)[O-])c1.CC(C)(C)c1cc(N)c2oc(=O)[nH]c2c1.CC(C)(C)c1cc([N+](=O)[O-])c2oc(=O)[nH]c2c1.O=C(Cl)Oc1ccc([N+](=O)[O-])cc1.[CH3-].[Pd]. The molecule has 0 unspecified atom stereocenters. The van der Waals surface area contributed by atoms with Crippen molar-refractivity contribution in [3.8, 4) is 11.5 Å². The Balaban J connectivity index is 0.000000432. The number of nitrogen functional groups attached to an aromatic ring is 2. The van der Waals surface area contributed by atoms with Crippen molar-refractivity contribution in [2.24, 2.45) is 0 Å². The van der Waals surface area contributed by atoms with E-state index >= 15 is 0 Å². The first-order valence-corrected chi connectivity index (χ1v) is 20.7. The summed E-state index contributed by atoms with van der Waals surface area (Å²) in [5.41, 5.74) is 13.8. The van der Waals surface area contributed by atoms with Crippen LogP contribution in [0.3, 0.4) is 0 Å². The molecular formula is C46H57ClN7O13Pd-. The fourth-order valence-electron chi connectivity index (χ4n) is 5.83. The van der Waals surface area contributed by atoms with Crippen molar-refractivity contribution in [1.29, 1.82) is 0 Å². The molecule has 7 N–H and O–H groups in total. The summed E-state index contributed by atoms with van der Waals surface area (Å²) in [5, 5.41) is 41.2. The van der Waals surface area contributed by atoms with Crippen LogP contribution < -0.4 is 27.7 Å². The molecule has 20 nitrogen and oxygen atoms in total. The molecule has 0 spiro atoms. The van der Waals surface area contributed by atoms with Gasteiger partial charge >= 0.3 is 28.3 Å². The number of aromatic nitrogens is 2. The number of aromatic amines is 2. The molecule has 0 saturated heterocycles. The van der Waals surface area contributed by atoms with Gasteiger partial charge in [0.1, 0.15) is 5.75 Å². The van der Waals surface area contributed by atoms with Crippen molar-refractivity contribution in [2.75, 3.05) is 11.5 Å². The number of allylic oxidation sites excluding steroid dienone is 2. The van der Waals surface area contributed by atoms with Crippen molar-refractivity contribution in [1.82, 2.24) is 9.97 Å². The van der Waals surface area contributed by atoms with Gasteiger partial charge in [-0.05, 0) is 95.0 Å². The molecule has 2 aromatic heterocycles. The number of fused-ring (bicyclic) bond motifs is 2. The number of halogens is 1. The van der Waals surface area contributed by atoms with Crippen LogP contribution in [0.2, 0.25) is 0 Å². The number of oxazole rings is 2. The summed E-state index contributed by atoms with van der Waals surface area (Å²) < 4.78 is 14.2. The summed E-state index contributed by atoms with van der Waals surface area (Å²) in [4.78, 5) is 67.4. The number of nitrogens with zero attached hydrogens (tertiary/aromatic N) is 3. The minimum absolute atomic E-state index is 0. The Morgan fingerprint density at radius 3 is 1.46 bits per heavy atom. The number of hydrogen-bond donors (Lipinski definition) is 5. The second-order valence-electron chi connectivity index (χ2n) is 17.9. The Morgan fingerprint density at radius 2 is 1.06 bits per heavy atom. The minimum Gasteiger partial charge on any atom is -0.501 e. The van der Waals surface area contributed by atoms with Crippen LogP contribution in [0.1, 0.15) is 105 Å². The Bertz CT molecular complexity index is 2840. The summed E-state index contributed by atoms with van der Waals surface area (Å²) in [6.45, 7) is 17.8. The number of carbonyl (C=O) groups excluding carboxylic acids is 1. The Hall–Kier alpha value is -6.82. The molecule has 1 aliphatic carbocycles. The van der Waals surface area contributed by atoms with E-state index in [1.165, 1.54) is 62.1 Å². The molecule has 7 rings (SSSR count). The molecule has 0 fully saturated rings. The topological polar surface area (TPSA) is 320 Å². The number of benzene rings is 4. The molecule has 0 radical (unpaired) electrons. The van der Waals surface area contributed by atoms with Crippen molar-refractivity contribution in [3.63, 3.8) is 0 Å². The smallest absolute Gasteiger partial charge is 0.417 e. The monoisotopic (exact) mass is 1060 g/mol. The molecule has 0 bridgehead atoms. The molecule has 6 aromatic rings. The zero-order valence-electron chi connectivity index (χ0n) is 39.3. The molecular weight excluding hydrogens is 1000 g/mol. The van der Waals surface area contributed by atoms with E-state index < -0.39 is 37.5 Å². The van der Waals surface area contributed by atoms with Crippen LogP contribution in [-0.2, 0) is 36.7 Å². The molecule has 0 atom stereocenters. The van der Waals surface area contributed by atoms with Gasteiger partial charge in [0.25, 0.3) is 5.69 Å². The van der Waals surface area contributed by atoms with Crippen LogP contribution in [0.15, 0.2) is 91.2 Å². The summed E-state index contributed by atoms with van der Waals surface area (Å²) in [5.74, 6) is -1.45.